The van der Waals surface area contributed by atoms with Crippen LogP contribution in [0.1, 0.15) is 39.0 Å². The molecular formula is C35H35N5O6. The van der Waals surface area contributed by atoms with E-state index in [2.05, 4.69) is 16.0 Å². The Hall–Kier alpha value is -5.97. The Morgan fingerprint density at radius 1 is 0.717 bits per heavy atom. The standard InChI is InChI=1S/C35H35N5O6/c36-32(37)27-16-14-24(15-17-27)20-30(40-35(44)46-23-26-10-5-2-6-11-26)34(43)39-29-13-7-12-28(21-29)33(42)38-19-18-31(41)45-22-25-8-3-1-4-9-25/h1-17,21,30H,18-20,22-23H2,(H3,36,37)(H,38,42)(H,39,43)(H,40,44). The summed E-state index contributed by atoms with van der Waals surface area (Å²) in [5.74, 6) is -1.50. The molecule has 0 aliphatic rings. The Kier molecular flexibility index (Phi) is 12.0. The fraction of sp³-hybridized carbons (Fsp3) is 0.171. The van der Waals surface area contributed by atoms with Crippen molar-refractivity contribution in [1.82, 2.24) is 10.6 Å². The molecule has 46 heavy (non-hydrogen) atoms. The first-order valence-corrected chi connectivity index (χ1v) is 14.6. The molecule has 1 unspecified atom stereocenters. The Bertz CT molecular complexity index is 1650. The molecule has 0 radical (unpaired) electrons. The molecule has 11 nitrogen and oxygen atoms in total. The maximum Gasteiger partial charge on any atom is 0.408 e. The number of amidine groups is 1. The van der Waals surface area contributed by atoms with Crippen LogP contribution in [0.5, 0.6) is 0 Å². The molecule has 0 fully saturated rings. The molecular weight excluding hydrogens is 586 g/mol. The summed E-state index contributed by atoms with van der Waals surface area (Å²) in [6.07, 6.45) is -0.666. The van der Waals surface area contributed by atoms with Gasteiger partial charge in [0.2, 0.25) is 5.91 Å². The Labute approximate surface area is 266 Å². The number of anilines is 1. The SMILES string of the molecule is N=C(N)c1ccc(CC(NC(=O)OCc2ccccc2)C(=O)Nc2cccc(C(=O)NCCC(=O)OCc3ccccc3)c2)cc1. The van der Waals surface area contributed by atoms with E-state index in [1.165, 1.54) is 6.07 Å². The molecule has 4 aromatic rings. The third-order valence-electron chi connectivity index (χ3n) is 6.78. The number of ether oxygens (including phenoxy) is 2. The molecule has 4 rings (SSSR count). The van der Waals surface area contributed by atoms with Gasteiger partial charge in [0, 0.05) is 29.8 Å². The van der Waals surface area contributed by atoms with E-state index < -0.39 is 29.9 Å². The summed E-state index contributed by atoms with van der Waals surface area (Å²) in [6, 6.07) is 30.4. The highest BCUT2D eigenvalue weighted by Gasteiger charge is 2.23. The van der Waals surface area contributed by atoms with Gasteiger partial charge in [-0.2, -0.15) is 0 Å². The van der Waals surface area contributed by atoms with Gasteiger partial charge in [-0.25, -0.2) is 4.79 Å². The zero-order chi connectivity index (χ0) is 32.7. The second kappa shape index (κ2) is 16.8. The summed E-state index contributed by atoms with van der Waals surface area (Å²) in [6.45, 7) is 0.248. The van der Waals surface area contributed by atoms with Gasteiger partial charge in [-0.1, -0.05) is 91.0 Å². The number of nitrogens with one attached hydrogen (secondary N) is 4. The normalized spacial score (nSPS) is 11.0. The van der Waals surface area contributed by atoms with E-state index in [9.17, 15) is 19.2 Å². The molecule has 0 saturated heterocycles. The van der Waals surface area contributed by atoms with Gasteiger partial charge in [-0.3, -0.25) is 19.8 Å². The number of hydrogen-bond acceptors (Lipinski definition) is 7. The average molecular weight is 622 g/mol. The van der Waals surface area contributed by atoms with Crippen molar-refractivity contribution in [3.05, 3.63) is 137 Å². The molecule has 1 atom stereocenters. The molecule has 4 aromatic carbocycles. The van der Waals surface area contributed by atoms with Crippen LogP contribution in [0.15, 0.2) is 109 Å². The molecule has 236 valence electrons. The number of esters is 1. The summed E-state index contributed by atoms with van der Waals surface area (Å²) in [5.41, 5.74) is 9.04. The van der Waals surface area contributed by atoms with Gasteiger partial charge in [-0.05, 0) is 34.9 Å². The summed E-state index contributed by atoms with van der Waals surface area (Å²) < 4.78 is 10.6. The summed E-state index contributed by atoms with van der Waals surface area (Å²) >= 11 is 0. The summed E-state index contributed by atoms with van der Waals surface area (Å²) in [7, 11) is 0. The van der Waals surface area contributed by atoms with E-state index in [1.54, 1.807) is 42.5 Å². The predicted molar refractivity (Wildman–Crippen MR) is 173 cm³/mol. The first kappa shape index (κ1) is 32.9. The highest BCUT2D eigenvalue weighted by atomic mass is 16.5. The van der Waals surface area contributed by atoms with E-state index in [1.807, 2.05) is 60.7 Å². The molecule has 0 saturated carbocycles. The lowest BCUT2D eigenvalue weighted by Gasteiger charge is -2.19. The summed E-state index contributed by atoms with van der Waals surface area (Å²) in [4.78, 5) is 50.9. The molecule has 0 aromatic heterocycles. The van der Waals surface area contributed by atoms with Crippen molar-refractivity contribution in [2.45, 2.75) is 32.1 Å². The van der Waals surface area contributed by atoms with E-state index in [4.69, 9.17) is 20.6 Å². The van der Waals surface area contributed by atoms with Gasteiger partial charge in [0.15, 0.2) is 0 Å². The minimum Gasteiger partial charge on any atom is -0.461 e. The number of carbonyl (C=O) groups excluding carboxylic acids is 4. The zero-order valence-corrected chi connectivity index (χ0v) is 25.0. The fourth-order valence-electron chi connectivity index (χ4n) is 4.33. The lowest BCUT2D eigenvalue weighted by molar-refractivity contribution is -0.144. The van der Waals surface area contributed by atoms with E-state index in [0.717, 1.165) is 11.1 Å². The second-order valence-corrected chi connectivity index (χ2v) is 10.3. The predicted octanol–water partition coefficient (Wildman–Crippen LogP) is 4.31. The third-order valence-corrected chi connectivity index (χ3v) is 6.78. The number of benzene rings is 4. The number of hydrogen-bond donors (Lipinski definition) is 5. The minimum absolute atomic E-state index is 0.00385. The van der Waals surface area contributed by atoms with E-state index >= 15 is 0 Å². The lowest BCUT2D eigenvalue weighted by Crippen LogP contribution is -2.45. The van der Waals surface area contributed by atoms with Gasteiger partial charge in [0.1, 0.15) is 25.1 Å². The van der Waals surface area contributed by atoms with Crippen molar-refractivity contribution in [2.24, 2.45) is 5.73 Å². The number of amides is 3. The number of alkyl carbamates (subject to hydrolysis) is 1. The topological polar surface area (TPSA) is 173 Å². The van der Waals surface area contributed by atoms with Crippen LogP contribution in [-0.4, -0.2) is 42.3 Å². The Morgan fingerprint density at radius 3 is 1.98 bits per heavy atom. The lowest BCUT2D eigenvalue weighted by atomic mass is 10.0. The minimum atomic E-state index is -1.04. The smallest absolute Gasteiger partial charge is 0.408 e. The quantitative estimate of drug-likeness (QED) is 0.0793. The molecule has 0 aliphatic carbocycles. The zero-order valence-electron chi connectivity index (χ0n) is 25.0. The van der Waals surface area contributed by atoms with Crippen LogP contribution >= 0.6 is 0 Å². The van der Waals surface area contributed by atoms with Gasteiger partial charge in [0.05, 0.1) is 6.42 Å². The van der Waals surface area contributed by atoms with E-state index in [0.29, 0.717) is 16.8 Å². The van der Waals surface area contributed by atoms with Crippen LogP contribution in [0.25, 0.3) is 0 Å². The highest BCUT2D eigenvalue weighted by Crippen LogP contribution is 2.14. The first-order valence-electron chi connectivity index (χ1n) is 14.6. The maximum atomic E-state index is 13.4. The van der Waals surface area contributed by atoms with Crippen molar-refractivity contribution in [2.75, 3.05) is 11.9 Å². The number of rotatable bonds is 14. The van der Waals surface area contributed by atoms with Crippen LogP contribution in [-0.2, 0) is 38.7 Å². The molecule has 6 N–H and O–H groups in total. The van der Waals surface area contributed by atoms with Crippen molar-refractivity contribution >= 4 is 35.4 Å². The molecule has 0 spiro atoms. The molecule has 0 aliphatic heterocycles. The monoisotopic (exact) mass is 621 g/mol. The first-order chi connectivity index (χ1) is 22.3. The van der Waals surface area contributed by atoms with Crippen LogP contribution < -0.4 is 21.7 Å². The molecule has 11 heteroatoms. The number of nitrogen functional groups attached to an aromatic ring is 1. The largest absolute Gasteiger partial charge is 0.461 e. The fourth-order valence-corrected chi connectivity index (χ4v) is 4.33. The van der Waals surface area contributed by atoms with Crippen molar-refractivity contribution < 1.29 is 28.7 Å². The summed E-state index contributed by atoms with van der Waals surface area (Å²) in [5, 5.41) is 15.7. The molecule has 0 bridgehead atoms. The number of nitrogens with two attached hydrogens (primary N) is 1. The Morgan fingerprint density at radius 2 is 1.35 bits per heavy atom. The van der Waals surface area contributed by atoms with Crippen LogP contribution in [0.4, 0.5) is 10.5 Å². The van der Waals surface area contributed by atoms with Crippen molar-refractivity contribution in [1.29, 1.82) is 5.41 Å². The molecule has 0 heterocycles. The van der Waals surface area contributed by atoms with Gasteiger partial charge in [0.25, 0.3) is 5.91 Å². The Balaban J connectivity index is 1.34. The van der Waals surface area contributed by atoms with Gasteiger partial charge < -0.3 is 31.2 Å². The number of carbonyl (C=O) groups is 4. The van der Waals surface area contributed by atoms with Crippen LogP contribution in [0.3, 0.4) is 0 Å². The van der Waals surface area contributed by atoms with Gasteiger partial charge >= 0.3 is 12.1 Å². The maximum absolute atomic E-state index is 13.4. The van der Waals surface area contributed by atoms with Crippen molar-refractivity contribution in [3.63, 3.8) is 0 Å². The molecule has 3 amide bonds. The highest BCUT2D eigenvalue weighted by molar-refractivity contribution is 5.99. The second-order valence-electron chi connectivity index (χ2n) is 10.3. The van der Waals surface area contributed by atoms with E-state index in [-0.39, 0.29) is 44.0 Å². The third kappa shape index (κ3) is 10.6. The van der Waals surface area contributed by atoms with Crippen molar-refractivity contribution in [3.8, 4) is 0 Å². The van der Waals surface area contributed by atoms with Crippen LogP contribution in [0.2, 0.25) is 0 Å². The average Bonchev–Trinajstić information content (AvgIpc) is 3.07. The van der Waals surface area contributed by atoms with Gasteiger partial charge in [-0.15, -0.1) is 0 Å². The van der Waals surface area contributed by atoms with Crippen LogP contribution in [0, 0.1) is 5.41 Å².